The maximum atomic E-state index is 12.0. The van der Waals surface area contributed by atoms with E-state index in [2.05, 4.69) is 10.6 Å². The van der Waals surface area contributed by atoms with Gasteiger partial charge in [0, 0.05) is 20.5 Å². The predicted molar refractivity (Wildman–Crippen MR) is 87.7 cm³/mol. The van der Waals surface area contributed by atoms with Gasteiger partial charge in [0.2, 0.25) is 17.7 Å². The van der Waals surface area contributed by atoms with E-state index >= 15 is 0 Å². The lowest BCUT2D eigenvalue weighted by molar-refractivity contribution is -0.139. The Morgan fingerprint density at radius 3 is 2.28 bits per heavy atom. The number of ether oxygens (including phenoxy) is 1. The average Bonchev–Trinajstić information content (AvgIpc) is 2.57. The molecule has 1 rings (SSSR count). The summed E-state index contributed by atoms with van der Waals surface area (Å²) in [7, 11) is 1.59. The highest BCUT2D eigenvalue weighted by Crippen LogP contribution is 2.13. The van der Waals surface area contributed by atoms with Crippen molar-refractivity contribution < 1.29 is 29.0 Å². The Labute approximate surface area is 144 Å². The van der Waals surface area contributed by atoms with E-state index in [-0.39, 0.29) is 24.9 Å². The second-order valence-corrected chi connectivity index (χ2v) is 5.26. The minimum absolute atomic E-state index is 0.172. The first-order chi connectivity index (χ1) is 11.8. The second kappa shape index (κ2) is 9.91. The summed E-state index contributed by atoms with van der Waals surface area (Å²) >= 11 is 0. The summed E-state index contributed by atoms with van der Waals surface area (Å²) in [5.74, 6) is -1.70. The summed E-state index contributed by atoms with van der Waals surface area (Å²) in [6.45, 7) is 0.846. The molecule has 0 saturated heterocycles. The number of nitrogens with zero attached hydrogens (tertiary/aromatic N) is 1. The van der Waals surface area contributed by atoms with Crippen molar-refractivity contribution in [3.8, 4) is 5.75 Å². The fourth-order valence-electron chi connectivity index (χ4n) is 1.77. The van der Waals surface area contributed by atoms with E-state index in [0.717, 1.165) is 5.56 Å². The second-order valence-electron chi connectivity index (χ2n) is 5.26. The number of hydrogen-bond acceptors (Lipinski definition) is 5. The summed E-state index contributed by atoms with van der Waals surface area (Å²) in [6, 6.07) is 6.67. The number of nitrogens with one attached hydrogen (secondary N) is 2. The number of carbonyl (C=O) groups excluding carboxylic acids is 3. The molecule has 0 aliphatic heterocycles. The molecule has 0 aliphatic carbocycles. The van der Waals surface area contributed by atoms with Gasteiger partial charge in [-0.25, -0.2) is 4.79 Å². The fourth-order valence-corrected chi connectivity index (χ4v) is 1.77. The van der Waals surface area contributed by atoms with E-state index in [0.29, 0.717) is 12.3 Å². The topological polar surface area (TPSA) is 125 Å². The lowest BCUT2D eigenvalue weighted by atomic mass is 10.2. The lowest BCUT2D eigenvalue weighted by Crippen LogP contribution is -2.41. The molecule has 3 amide bonds. The molecule has 9 nitrogen and oxygen atoms in total. The SMILES string of the molecule is CC(=O)NCC(=O)NCC(=O)N(C)Cc1ccc(OCC(=O)O)cc1. The Balaban J connectivity index is 2.40. The van der Waals surface area contributed by atoms with Gasteiger partial charge in [-0.15, -0.1) is 0 Å². The third-order valence-corrected chi connectivity index (χ3v) is 3.07. The Hall–Kier alpha value is -3.10. The van der Waals surface area contributed by atoms with Crippen LogP contribution in [0.4, 0.5) is 0 Å². The van der Waals surface area contributed by atoms with Crippen molar-refractivity contribution in [2.75, 3.05) is 26.7 Å². The van der Waals surface area contributed by atoms with Crippen molar-refractivity contribution in [3.05, 3.63) is 29.8 Å². The van der Waals surface area contributed by atoms with Crippen LogP contribution in [0.5, 0.6) is 5.75 Å². The number of aliphatic carboxylic acids is 1. The standard InChI is InChI=1S/C16H21N3O6/c1-11(20)17-7-14(21)18-8-15(22)19(2)9-12-3-5-13(6-4-12)25-10-16(23)24/h3-6H,7-10H2,1-2H3,(H,17,20)(H,18,21)(H,23,24). The summed E-state index contributed by atoms with van der Waals surface area (Å²) < 4.78 is 5.02. The molecule has 1 aromatic carbocycles. The maximum Gasteiger partial charge on any atom is 0.341 e. The first kappa shape index (κ1) is 19.9. The van der Waals surface area contributed by atoms with Gasteiger partial charge in [-0.3, -0.25) is 14.4 Å². The maximum absolute atomic E-state index is 12.0. The van der Waals surface area contributed by atoms with Crippen LogP contribution in [-0.2, 0) is 25.7 Å². The van der Waals surface area contributed by atoms with Crippen molar-refractivity contribution in [1.82, 2.24) is 15.5 Å². The molecule has 0 spiro atoms. The Bertz CT molecular complexity index is 629. The molecular formula is C16H21N3O6. The van der Waals surface area contributed by atoms with Gasteiger partial charge in [-0.05, 0) is 17.7 Å². The minimum atomic E-state index is -1.06. The molecule has 0 unspecified atom stereocenters. The molecule has 0 heterocycles. The van der Waals surface area contributed by atoms with Crippen LogP contribution >= 0.6 is 0 Å². The third kappa shape index (κ3) is 8.35. The Morgan fingerprint density at radius 1 is 1.08 bits per heavy atom. The quantitative estimate of drug-likeness (QED) is 0.543. The Kier molecular flexibility index (Phi) is 7.91. The number of likely N-dealkylation sites (N-methyl/N-ethyl adjacent to an activating group) is 1. The first-order valence-corrected chi connectivity index (χ1v) is 7.46. The van der Waals surface area contributed by atoms with Gasteiger partial charge in [0.15, 0.2) is 6.61 Å². The molecule has 0 aliphatic rings. The summed E-state index contributed by atoms with van der Waals surface area (Å²) in [6.07, 6.45) is 0. The zero-order chi connectivity index (χ0) is 18.8. The van der Waals surface area contributed by atoms with Crippen molar-refractivity contribution in [2.24, 2.45) is 0 Å². The van der Waals surface area contributed by atoms with Gasteiger partial charge >= 0.3 is 5.97 Å². The lowest BCUT2D eigenvalue weighted by Gasteiger charge is -2.18. The van der Waals surface area contributed by atoms with Crippen LogP contribution in [0.1, 0.15) is 12.5 Å². The molecule has 0 saturated carbocycles. The molecule has 0 aromatic heterocycles. The largest absolute Gasteiger partial charge is 0.482 e. The number of amides is 3. The number of carboxylic acid groups (broad SMARTS) is 1. The van der Waals surface area contributed by atoms with Gasteiger partial charge in [0.1, 0.15) is 5.75 Å². The van der Waals surface area contributed by atoms with Gasteiger partial charge in [-0.1, -0.05) is 12.1 Å². The van der Waals surface area contributed by atoms with Gasteiger partial charge in [0.05, 0.1) is 13.1 Å². The molecule has 0 bridgehead atoms. The number of benzene rings is 1. The number of rotatable bonds is 9. The molecule has 3 N–H and O–H groups in total. The highest BCUT2D eigenvalue weighted by atomic mass is 16.5. The van der Waals surface area contributed by atoms with Crippen LogP contribution < -0.4 is 15.4 Å². The van der Waals surface area contributed by atoms with Crippen LogP contribution in [0.15, 0.2) is 24.3 Å². The average molecular weight is 351 g/mol. The highest BCUT2D eigenvalue weighted by molar-refractivity contribution is 5.87. The fraction of sp³-hybridized carbons (Fsp3) is 0.375. The van der Waals surface area contributed by atoms with Gasteiger partial charge < -0.3 is 25.4 Å². The van der Waals surface area contributed by atoms with E-state index in [1.807, 2.05) is 0 Å². The number of carbonyl (C=O) groups is 4. The first-order valence-electron chi connectivity index (χ1n) is 7.46. The van der Waals surface area contributed by atoms with Crippen molar-refractivity contribution in [3.63, 3.8) is 0 Å². The zero-order valence-corrected chi connectivity index (χ0v) is 14.1. The van der Waals surface area contributed by atoms with E-state index in [9.17, 15) is 19.2 Å². The van der Waals surface area contributed by atoms with Crippen molar-refractivity contribution in [1.29, 1.82) is 0 Å². The molecule has 1 aromatic rings. The number of hydrogen-bond donors (Lipinski definition) is 3. The van der Waals surface area contributed by atoms with Crippen molar-refractivity contribution >= 4 is 23.7 Å². The smallest absolute Gasteiger partial charge is 0.341 e. The van der Waals surface area contributed by atoms with Gasteiger partial charge in [0.25, 0.3) is 0 Å². The minimum Gasteiger partial charge on any atom is -0.482 e. The summed E-state index contributed by atoms with van der Waals surface area (Å²) in [5.41, 5.74) is 0.822. The number of carboxylic acids is 1. The molecule has 0 fully saturated rings. The van der Waals surface area contributed by atoms with E-state index < -0.39 is 18.5 Å². The molecule has 9 heteroatoms. The Morgan fingerprint density at radius 2 is 1.72 bits per heavy atom. The van der Waals surface area contributed by atoms with Crippen LogP contribution in [0, 0.1) is 0 Å². The summed E-state index contributed by atoms with van der Waals surface area (Å²) in [4.78, 5) is 45.9. The van der Waals surface area contributed by atoms with E-state index in [4.69, 9.17) is 9.84 Å². The highest BCUT2D eigenvalue weighted by Gasteiger charge is 2.11. The zero-order valence-electron chi connectivity index (χ0n) is 14.1. The molecule has 136 valence electrons. The van der Waals surface area contributed by atoms with Crippen LogP contribution in [0.3, 0.4) is 0 Å². The third-order valence-electron chi connectivity index (χ3n) is 3.07. The van der Waals surface area contributed by atoms with Crippen LogP contribution in [0.2, 0.25) is 0 Å². The molecule has 25 heavy (non-hydrogen) atoms. The summed E-state index contributed by atoms with van der Waals surface area (Å²) in [5, 5.41) is 13.3. The normalized spacial score (nSPS) is 9.84. The van der Waals surface area contributed by atoms with E-state index in [1.54, 1.807) is 31.3 Å². The molecule has 0 atom stereocenters. The van der Waals surface area contributed by atoms with Gasteiger partial charge in [-0.2, -0.15) is 0 Å². The van der Waals surface area contributed by atoms with Crippen LogP contribution in [-0.4, -0.2) is 60.4 Å². The van der Waals surface area contributed by atoms with Crippen molar-refractivity contribution in [2.45, 2.75) is 13.5 Å². The predicted octanol–water partition coefficient (Wildman–Crippen LogP) is -0.639. The molecular weight excluding hydrogens is 330 g/mol. The monoisotopic (exact) mass is 351 g/mol. The van der Waals surface area contributed by atoms with Crippen LogP contribution in [0.25, 0.3) is 0 Å². The molecule has 0 radical (unpaired) electrons. The van der Waals surface area contributed by atoms with E-state index in [1.165, 1.54) is 11.8 Å².